The third kappa shape index (κ3) is 3.10. The van der Waals surface area contributed by atoms with Gasteiger partial charge in [0, 0.05) is 24.4 Å². The van der Waals surface area contributed by atoms with Crippen molar-refractivity contribution in [1.82, 2.24) is 4.31 Å². The molecule has 0 amide bonds. The zero-order valence-electron chi connectivity index (χ0n) is 14.5. The third-order valence-electron chi connectivity index (χ3n) is 5.48. The molecule has 1 aliphatic heterocycles. The average molecular weight is 371 g/mol. The SMILES string of the molecule is O=S(=O)(c1cccc2ccccc12)N1CCC(C2C=CCC=C2F)CC1. The second kappa shape index (κ2) is 6.97. The van der Waals surface area contributed by atoms with Crippen molar-refractivity contribution in [2.75, 3.05) is 13.1 Å². The topological polar surface area (TPSA) is 37.4 Å². The van der Waals surface area contributed by atoms with Crippen LogP contribution in [-0.2, 0) is 10.0 Å². The van der Waals surface area contributed by atoms with Crippen molar-refractivity contribution in [3.8, 4) is 0 Å². The summed E-state index contributed by atoms with van der Waals surface area (Å²) in [6.45, 7) is 0.877. The summed E-state index contributed by atoms with van der Waals surface area (Å²) < 4.78 is 42.0. The lowest BCUT2D eigenvalue weighted by Crippen LogP contribution is -2.40. The molecule has 2 aromatic rings. The Morgan fingerprint density at radius 1 is 1.00 bits per heavy atom. The van der Waals surface area contributed by atoms with Crippen LogP contribution in [0.15, 0.2) is 71.4 Å². The summed E-state index contributed by atoms with van der Waals surface area (Å²) in [6.07, 6.45) is 7.57. The number of piperidine rings is 1. The quantitative estimate of drug-likeness (QED) is 0.735. The van der Waals surface area contributed by atoms with Gasteiger partial charge in [-0.15, -0.1) is 0 Å². The number of halogens is 1. The fourth-order valence-electron chi connectivity index (χ4n) is 4.05. The summed E-state index contributed by atoms with van der Waals surface area (Å²) in [5.41, 5.74) is 0. The number of rotatable bonds is 3. The van der Waals surface area contributed by atoms with Crippen LogP contribution in [-0.4, -0.2) is 25.8 Å². The molecule has 1 saturated heterocycles. The molecule has 4 rings (SSSR count). The van der Waals surface area contributed by atoms with Gasteiger partial charge in [-0.3, -0.25) is 0 Å². The van der Waals surface area contributed by atoms with Crippen LogP contribution in [0.1, 0.15) is 19.3 Å². The van der Waals surface area contributed by atoms with Gasteiger partial charge < -0.3 is 0 Å². The highest BCUT2D eigenvalue weighted by Crippen LogP contribution is 2.36. The van der Waals surface area contributed by atoms with Crippen LogP contribution in [0.5, 0.6) is 0 Å². The number of fused-ring (bicyclic) bond motifs is 1. The lowest BCUT2D eigenvalue weighted by atomic mass is 9.82. The molecule has 0 bridgehead atoms. The molecule has 0 spiro atoms. The van der Waals surface area contributed by atoms with E-state index in [4.69, 9.17) is 0 Å². The number of sulfonamides is 1. The smallest absolute Gasteiger partial charge is 0.212 e. The van der Waals surface area contributed by atoms with Gasteiger partial charge in [-0.2, -0.15) is 4.31 Å². The Labute approximate surface area is 153 Å². The number of benzene rings is 2. The molecule has 1 atom stereocenters. The molecule has 1 fully saturated rings. The Morgan fingerprint density at radius 2 is 1.73 bits per heavy atom. The van der Waals surface area contributed by atoms with E-state index in [2.05, 4.69) is 0 Å². The maximum atomic E-state index is 14.1. The Morgan fingerprint density at radius 3 is 2.50 bits per heavy atom. The monoisotopic (exact) mass is 371 g/mol. The largest absolute Gasteiger partial charge is 0.243 e. The summed E-state index contributed by atoms with van der Waals surface area (Å²) >= 11 is 0. The van der Waals surface area contributed by atoms with E-state index >= 15 is 0 Å². The van der Waals surface area contributed by atoms with Gasteiger partial charge in [-0.25, -0.2) is 12.8 Å². The summed E-state index contributed by atoms with van der Waals surface area (Å²) in [5, 5.41) is 1.67. The van der Waals surface area contributed by atoms with Gasteiger partial charge in [0.25, 0.3) is 0 Å². The molecule has 1 aliphatic carbocycles. The van der Waals surface area contributed by atoms with Crippen LogP contribution in [0, 0.1) is 11.8 Å². The molecule has 2 aliphatic rings. The predicted octanol–water partition coefficient (Wildman–Crippen LogP) is 4.67. The van der Waals surface area contributed by atoms with Crippen molar-refractivity contribution in [2.24, 2.45) is 11.8 Å². The van der Waals surface area contributed by atoms with Gasteiger partial charge in [0.1, 0.15) is 5.83 Å². The number of hydrogen-bond acceptors (Lipinski definition) is 2. The molecule has 5 heteroatoms. The van der Waals surface area contributed by atoms with Crippen LogP contribution in [0.25, 0.3) is 10.8 Å². The van der Waals surface area contributed by atoms with Crippen molar-refractivity contribution in [2.45, 2.75) is 24.2 Å². The summed E-state index contributed by atoms with van der Waals surface area (Å²) in [4.78, 5) is 0.359. The fraction of sp³-hybridized carbons (Fsp3) is 0.333. The van der Waals surface area contributed by atoms with Gasteiger partial charge in [-0.05, 0) is 42.7 Å². The number of allylic oxidation sites excluding steroid dienone is 4. The molecule has 136 valence electrons. The standard InChI is InChI=1S/C21H22FNO2S/c22-20-10-4-3-8-18(20)17-12-14-23(15-13-17)26(24,25)21-11-5-7-16-6-1-2-9-19(16)21/h1-3,5-11,17-18H,4,12-15H2. The van der Waals surface area contributed by atoms with E-state index in [1.807, 2.05) is 42.5 Å². The van der Waals surface area contributed by atoms with Crippen LogP contribution < -0.4 is 0 Å². The molecule has 0 radical (unpaired) electrons. The first-order valence-corrected chi connectivity index (χ1v) is 10.5. The minimum atomic E-state index is -3.55. The van der Waals surface area contributed by atoms with Crippen molar-refractivity contribution in [3.63, 3.8) is 0 Å². The van der Waals surface area contributed by atoms with E-state index in [-0.39, 0.29) is 17.7 Å². The lowest BCUT2D eigenvalue weighted by molar-refractivity contribution is 0.231. The normalized spacial score (nSPS) is 22.5. The van der Waals surface area contributed by atoms with Crippen molar-refractivity contribution in [1.29, 1.82) is 0 Å². The first kappa shape index (κ1) is 17.4. The molecular formula is C21H22FNO2S. The van der Waals surface area contributed by atoms with E-state index in [1.54, 1.807) is 22.5 Å². The molecule has 0 N–H and O–H groups in total. The molecule has 1 heterocycles. The zero-order chi connectivity index (χ0) is 18.1. The Kier molecular flexibility index (Phi) is 4.67. The van der Waals surface area contributed by atoms with E-state index in [0.717, 1.165) is 10.8 Å². The van der Waals surface area contributed by atoms with E-state index < -0.39 is 10.0 Å². The van der Waals surface area contributed by atoms with Gasteiger partial charge in [0.15, 0.2) is 0 Å². The van der Waals surface area contributed by atoms with Gasteiger partial charge >= 0.3 is 0 Å². The highest BCUT2D eigenvalue weighted by Gasteiger charge is 2.34. The fourth-order valence-corrected chi connectivity index (χ4v) is 5.74. The number of nitrogens with zero attached hydrogens (tertiary/aromatic N) is 1. The van der Waals surface area contributed by atoms with Gasteiger partial charge in [0.2, 0.25) is 10.0 Å². The van der Waals surface area contributed by atoms with Crippen molar-refractivity contribution in [3.05, 3.63) is 66.5 Å². The molecule has 0 saturated carbocycles. The molecule has 3 nitrogen and oxygen atoms in total. The second-order valence-electron chi connectivity index (χ2n) is 7.00. The Hall–Kier alpha value is -1.98. The minimum Gasteiger partial charge on any atom is -0.212 e. The van der Waals surface area contributed by atoms with Gasteiger partial charge in [0.05, 0.1) is 4.90 Å². The molecule has 2 aromatic carbocycles. The summed E-state index contributed by atoms with van der Waals surface area (Å²) in [7, 11) is -3.55. The molecule has 26 heavy (non-hydrogen) atoms. The molecule has 1 unspecified atom stereocenters. The second-order valence-corrected chi connectivity index (χ2v) is 8.90. The molecular weight excluding hydrogens is 349 g/mol. The van der Waals surface area contributed by atoms with E-state index in [1.165, 1.54) is 0 Å². The van der Waals surface area contributed by atoms with Crippen LogP contribution in [0.4, 0.5) is 4.39 Å². The number of hydrogen-bond donors (Lipinski definition) is 0. The maximum Gasteiger partial charge on any atom is 0.243 e. The van der Waals surface area contributed by atoms with Crippen molar-refractivity contribution >= 4 is 20.8 Å². The van der Waals surface area contributed by atoms with Crippen LogP contribution >= 0.6 is 0 Å². The Bertz CT molecular complexity index is 967. The van der Waals surface area contributed by atoms with Gasteiger partial charge in [-0.1, -0.05) is 48.6 Å². The summed E-state index contributed by atoms with van der Waals surface area (Å²) in [6, 6.07) is 12.9. The maximum absolute atomic E-state index is 14.1. The average Bonchev–Trinajstić information content (AvgIpc) is 2.68. The predicted molar refractivity (Wildman–Crippen MR) is 102 cm³/mol. The van der Waals surface area contributed by atoms with Crippen LogP contribution in [0.3, 0.4) is 0 Å². The highest BCUT2D eigenvalue weighted by molar-refractivity contribution is 7.89. The summed E-state index contributed by atoms with van der Waals surface area (Å²) in [5.74, 6) is -0.0872. The Balaban J connectivity index is 1.56. The first-order valence-electron chi connectivity index (χ1n) is 9.07. The van der Waals surface area contributed by atoms with E-state index in [9.17, 15) is 12.8 Å². The third-order valence-corrected chi connectivity index (χ3v) is 7.44. The minimum absolute atomic E-state index is 0.0668. The first-order chi connectivity index (χ1) is 12.6. The highest BCUT2D eigenvalue weighted by atomic mass is 32.2. The zero-order valence-corrected chi connectivity index (χ0v) is 15.3. The van der Waals surface area contributed by atoms with E-state index in [0.29, 0.717) is 37.2 Å². The lowest BCUT2D eigenvalue weighted by Gasteiger charge is -2.34. The van der Waals surface area contributed by atoms with Crippen molar-refractivity contribution < 1.29 is 12.8 Å². The molecule has 0 aromatic heterocycles. The van der Waals surface area contributed by atoms with Crippen LogP contribution in [0.2, 0.25) is 0 Å².